The zero-order valence-electron chi connectivity index (χ0n) is 14.9. The van der Waals surface area contributed by atoms with Crippen LogP contribution in [0.4, 0.5) is 5.69 Å². The van der Waals surface area contributed by atoms with Crippen LogP contribution in [0.3, 0.4) is 0 Å². The number of hydrogen-bond donors (Lipinski definition) is 2. The predicted octanol–water partition coefficient (Wildman–Crippen LogP) is 4.29. The van der Waals surface area contributed by atoms with E-state index in [1.54, 1.807) is 30.3 Å². The highest BCUT2D eigenvalue weighted by Gasteiger charge is 2.14. The van der Waals surface area contributed by atoms with Crippen LogP contribution in [-0.2, 0) is 0 Å². The van der Waals surface area contributed by atoms with Gasteiger partial charge in [0, 0.05) is 23.4 Å². The molecule has 0 aliphatic carbocycles. The van der Waals surface area contributed by atoms with Crippen molar-refractivity contribution < 1.29 is 9.59 Å². The highest BCUT2D eigenvalue weighted by Crippen LogP contribution is 2.27. The maximum Gasteiger partial charge on any atom is 0.255 e. The Bertz CT molecular complexity index is 794. The predicted molar refractivity (Wildman–Crippen MR) is 102 cm³/mol. The van der Waals surface area contributed by atoms with Crippen molar-refractivity contribution in [1.82, 2.24) is 5.32 Å². The normalized spacial score (nSPS) is 10.4. The summed E-state index contributed by atoms with van der Waals surface area (Å²) in [7, 11) is 0. The van der Waals surface area contributed by atoms with E-state index in [2.05, 4.69) is 31.1 Å². The van der Waals surface area contributed by atoms with E-state index in [1.165, 1.54) is 0 Å². The van der Waals surface area contributed by atoms with Crippen molar-refractivity contribution in [3.8, 4) is 0 Å². The van der Waals surface area contributed by atoms with Gasteiger partial charge in [0.05, 0.1) is 0 Å². The van der Waals surface area contributed by atoms with Crippen LogP contribution in [0, 0.1) is 6.92 Å². The van der Waals surface area contributed by atoms with Gasteiger partial charge in [-0.25, -0.2) is 0 Å². The van der Waals surface area contributed by atoms with Crippen molar-refractivity contribution in [3.05, 3.63) is 77.4 Å². The Labute approximate surface area is 149 Å². The SMILES string of the molecule is C=CCNC(=O)c1cccc(C(=O)Nc2c(C)cccc2C(C)C)c1. The highest BCUT2D eigenvalue weighted by molar-refractivity contribution is 6.06. The number of carbonyl (C=O) groups excluding carboxylic acids is 2. The van der Waals surface area contributed by atoms with Gasteiger partial charge in [-0.1, -0.05) is 44.2 Å². The largest absolute Gasteiger partial charge is 0.349 e. The molecule has 0 bridgehead atoms. The molecule has 0 fully saturated rings. The molecule has 2 aromatic carbocycles. The van der Waals surface area contributed by atoms with Crippen LogP contribution < -0.4 is 10.6 Å². The molecule has 25 heavy (non-hydrogen) atoms. The van der Waals surface area contributed by atoms with Gasteiger partial charge >= 0.3 is 0 Å². The first-order chi connectivity index (χ1) is 11.9. The van der Waals surface area contributed by atoms with Gasteiger partial charge in [-0.3, -0.25) is 9.59 Å². The molecule has 2 N–H and O–H groups in total. The second kappa shape index (κ2) is 8.29. The second-order valence-electron chi connectivity index (χ2n) is 6.23. The molecule has 0 saturated heterocycles. The zero-order chi connectivity index (χ0) is 18.4. The number of rotatable bonds is 6. The number of amides is 2. The molecule has 0 heterocycles. The van der Waals surface area contributed by atoms with Crippen molar-refractivity contribution in [3.63, 3.8) is 0 Å². The van der Waals surface area contributed by atoms with Crippen molar-refractivity contribution in [2.45, 2.75) is 26.7 Å². The molecule has 2 amide bonds. The van der Waals surface area contributed by atoms with Gasteiger partial charge in [0.1, 0.15) is 0 Å². The Kier molecular flexibility index (Phi) is 6.12. The van der Waals surface area contributed by atoms with Gasteiger partial charge in [-0.15, -0.1) is 6.58 Å². The quantitative estimate of drug-likeness (QED) is 0.773. The average Bonchev–Trinajstić information content (AvgIpc) is 2.61. The fraction of sp³-hybridized carbons (Fsp3) is 0.238. The topological polar surface area (TPSA) is 58.2 Å². The zero-order valence-corrected chi connectivity index (χ0v) is 14.9. The summed E-state index contributed by atoms with van der Waals surface area (Å²) in [6, 6.07) is 12.7. The third-order valence-electron chi connectivity index (χ3n) is 3.96. The first-order valence-corrected chi connectivity index (χ1v) is 8.34. The van der Waals surface area contributed by atoms with Gasteiger partial charge in [0.25, 0.3) is 11.8 Å². The summed E-state index contributed by atoms with van der Waals surface area (Å²) in [5, 5.41) is 5.71. The number of hydrogen-bond acceptors (Lipinski definition) is 2. The standard InChI is InChI=1S/C21H24N2O2/c1-5-12-22-20(24)16-9-7-10-17(13-16)21(25)23-19-15(4)8-6-11-18(19)14(2)3/h5-11,13-14H,1,12H2,2-4H3,(H,22,24)(H,23,25). The first-order valence-electron chi connectivity index (χ1n) is 8.34. The van der Waals surface area contributed by atoms with Crippen LogP contribution in [0.15, 0.2) is 55.1 Å². The fourth-order valence-electron chi connectivity index (χ4n) is 2.60. The molecular weight excluding hydrogens is 312 g/mol. The summed E-state index contributed by atoms with van der Waals surface area (Å²) in [5.74, 6) is -0.158. The number of anilines is 1. The van der Waals surface area contributed by atoms with E-state index in [0.717, 1.165) is 16.8 Å². The van der Waals surface area contributed by atoms with E-state index in [1.807, 2.05) is 25.1 Å². The lowest BCUT2D eigenvalue weighted by atomic mass is 9.98. The highest BCUT2D eigenvalue weighted by atomic mass is 16.2. The van der Waals surface area contributed by atoms with Crippen LogP contribution in [-0.4, -0.2) is 18.4 Å². The third kappa shape index (κ3) is 4.57. The molecule has 0 spiro atoms. The molecular formula is C21H24N2O2. The van der Waals surface area contributed by atoms with Crippen LogP contribution in [0.1, 0.15) is 51.6 Å². The van der Waals surface area contributed by atoms with E-state index < -0.39 is 0 Å². The Morgan fingerprint density at radius 3 is 2.36 bits per heavy atom. The second-order valence-corrected chi connectivity index (χ2v) is 6.23. The van der Waals surface area contributed by atoms with Crippen molar-refractivity contribution in [1.29, 1.82) is 0 Å². The minimum Gasteiger partial charge on any atom is -0.349 e. The molecule has 0 atom stereocenters. The molecule has 0 radical (unpaired) electrons. The monoisotopic (exact) mass is 336 g/mol. The Morgan fingerprint density at radius 1 is 1.08 bits per heavy atom. The van der Waals surface area contributed by atoms with Gasteiger partial charge in [0.15, 0.2) is 0 Å². The molecule has 2 aromatic rings. The van der Waals surface area contributed by atoms with Gasteiger partial charge in [-0.05, 0) is 42.2 Å². The van der Waals surface area contributed by atoms with Crippen LogP contribution in [0.25, 0.3) is 0 Å². The summed E-state index contributed by atoms with van der Waals surface area (Å²) in [5.41, 5.74) is 3.84. The van der Waals surface area contributed by atoms with Crippen LogP contribution >= 0.6 is 0 Å². The maximum absolute atomic E-state index is 12.7. The number of benzene rings is 2. The summed E-state index contributed by atoms with van der Waals surface area (Å²) in [4.78, 5) is 24.7. The van der Waals surface area contributed by atoms with Gasteiger partial charge < -0.3 is 10.6 Å². The lowest BCUT2D eigenvalue weighted by molar-refractivity contribution is 0.0958. The van der Waals surface area contributed by atoms with E-state index in [4.69, 9.17) is 0 Å². The summed E-state index contributed by atoms with van der Waals surface area (Å²) in [6.07, 6.45) is 1.61. The molecule has 130 valence electrons. The number of para-hydroxylation sites is 1. The molecule has 0 aliphatic heterocycles. The van der Waals surface area contributed by atoms with Crippen LogP contribution in [0.5, 0.6) is 0 Å². The lowest BCUT2D eigenvalue weighted by Gasteiger charge is -2.16. The Hall–Kier alpha value is -2.88. The van der Waals surface area contributed by atoms with E-state index in [0.29, 0.717) is 23.6 Å². The molecule has 2 rings (SSSR count). The van der Waals surface area contributed by atoms with Gasteiger partial charge in [-0.2, -0.15) is 0 Å². The number of carbonyl (C=O) groups is 2. The first kappa shape index (κ1) is 18.5. The number of nitrogens with one attached hydrogen (secondary N) is 2. The van der Waals surface area contributed by atoms with E-state index >= 15 is 0 Å². The molecule has 0 saturated carbocycles. The Morgan fingerprint density at radius 2 is 1.72 bits per heavy atom. The maximum atomic E-state index is 12.7. The smallest absolute Gasteiger partial charge is 0.255 e. The lowest BCUT2D eigenvalue weighted by Crippen LogP contribution is -2.23. The van der Waals surface area contributed by atoms with Crippen molar-refractivity contribution in [2.75, 3.05) is 11.9 Å². The fourth-order valence-corrected chi connectivity index (χ4v) is 2.60. The van der Waals surface area contributed by atoms with Crippen molar-refractivity contribution in [2.24, 2.45) is 0 Å². The van der Waals surface area contributed by atoms with E-state index in [-0.39, 0.29) is 11.8 Å². The molecule has 0 unspecified atom stereocenters. The minimum absolute atomic E-state index is 0.227. The summed E-state index contributed by atoms with van der Waals surface area (Å²) >= 11 is 0. The van der Waals surface area contributed by atoms with Crippen molar-refractivity contribution >= 4 is 17.5 Å². The average molecular weight is 336 g/mol. The van der Waals surface area contributed by atoms with Crippen LogP contribution in [0.2, 0.25) is 0 Å². The minimum atomic E-state index is -0.228. The Balaban J connectivity index is 2.25. The van der Waals surface area contributed by atoms with E-state index in [9.17, 15) is 9.59 Å². The third-order valence-corrected chi connectivity index (χ3v) is 3.96. The molecule has 4 heteroatoms. The molecule has 0 aromatic heterocycles. The van der Waals surface area contributed by atoms with Gasteiger partial charge in [0.2, 0.25) is 0 Å². The molecule has 0 aliphatic rings. The summed E-state index contributed by atoms with van der Waals surface area (Å²) in [6.45, 7) is 10.1. The number of aryl methyl sites for hydroxylation is 1. The molecule has 4 nitrogen and oxygen atoms in total. The summed E-state index contributed by atoms with van der Waals surface area (Å²) < 4.78 is 0.